The number of nitrogens with one attached hydrogen (secondary N) is 3. The summed E-state index contributed by atoms with van der Waals surface area (Å²) in [6.45, 7) is 10.4. The van der Waals surface area contributed by atoms with Gasteiger partial charge in [-0.15, -0.1) is 0 Å². The van der Waals surface area contributed by atoms with Gasteiger partial charge < -0.3 is 25.3 Å². The molecule has 1 aliphatic rings. The number of nitrogens with zero attached hydrogens (tertiary/aromatic N) is 1. The molecule has 0 aliphatic carbocycles. The van der Waals surface area contributed by atoms with Crippen LogP contribution in [0.15, 0.2) is 53.8 Å². The highest BCUT2D eigenvalue weighted by Gasteiger charge is 2.24. The Morgan fingerprint density at radius 2 is 1.88 bits per heavy atom. The van der Waals surface area contributed by atoms with Gasteiger partial charge in [0.05, 0.1) is 5.69 Å². The van der Waals surface area contributed by atoms with Gasteiger partial charge in [-0.2, -0.15) is 0 Å². The van der Waals surface area contributed by atoms with Gasteiger partial charge in [0.15, 0.2) is 0 Å². The number of hydrogen-bond donors (Lipinski definition) is 3. The SMILES string of the molecule is C=CC(=O)Nc1cc(F)ccc1-c1cc(C(=O)NCc2c(C)cc(C)[nH]c2=O)c(C)c(N(C)C2CCOCC2)c1. The number of rotatable bonds is 8. The first-order chi connectivity index (χ1) is 19.1. The third-order valence-electron chi connectivity index (χ3n) is 7.40. The Balaban J connectivity index is 1.79. The topological polar surface area (TPSA) is 104 Å². The van der Waals surface area contributed by atoms with Crippen molar-refractivity contribution in [3.8, 4) is 11.1 Å². The summed E-state index contributed by atoms with van der Waals surface area (Å²) in [5.41, 5.74) is 5.26. The van der Waals surface area contributed by atoms with Gasteiger partial charge in [-0.05, 0) is 92.8 Å². The molecule has 2 aromatic carbocycles. The maximum atomic E-state index is 14.2. The lowest BCUT2D eigenvalue weighted by Gasteiger charge is -2.34. The fourth-order valence-corrected chi connectivity index (χ4v) is 5.15. The maximum Gasteiger partial charge on any atom is 0.253 e. The van der Waals surface area contributed by atoms with Crippen LogP contribution in [0.5, 0.6) is 0 Å². The van der Waals surface area contributed by atoms with Crippen LogP contribution in [0.4, 0.5) is 15.8 Å². The van der Waals surface area contributed by atoms with Crippen molar-refractivity contribution in [1.29, 1.82) is 0 Å². The van der Waals surface area contributed by atoms with E-state index in [9.17, 15) is 18.8 Å². The molecule has 0 atom stereocenters. The number of aryl methyl sites for hydroxylation is 2. The van der Waals surface area contributed by atoms with Crippen molar-refractivity contribution in [3.05, 3.63) is 93.2 Å². The van der Waals surface area contributed by atoms with Gasteiger partial charge in [0.1, 0.15) is 5.82 Å². The van der Waals surface area contributed by atoms with Crippen LogP contribution < -0.4 is 21.1 Å². The molecule has 0 spiro atoms. The Bertz CT molecular complexity index is 1510. The fourth-order valence-electron chi connectivity index (χ4n) is 5.15. The molecule has 0 unspecified atom stereocenters. The van der Waals surface area contributed by atoms with Crippen LogP contribution in [0.25, 0.3) is 11.1 Å². The minimum Gasteiger partial charge on any atom is -0.381 e. The summed E-state index contributed by atoms with van der Waals surface area (Å²) in [6.07, 6.45) is 2.80. The highest BCUT2D eigenvalue weighted by Crippen LogP contribution is 2.36. The Morgan fingerprint density at radius 3 is 2.55 bits per heavy atom. The van der Waals surface area contributed by atoms with Crippen LogP contribution in [0, 0.1) is 26.6 Å². The molecule has 4 rings (SSSR count). The van der Waals surface area contributed by atoms with E-state index < -0.39 is 11.7 Å². The third kappa shape index (κ3) is 6.31. The number of ether oxygens (including phenoxy) is 1. The van der Waals surface area contributed by atoms with Gasteiger partial charge in [0.2, 0.25) is 5.91 Å². The van der Waals surface area contributed by atoms with E-state index in [1.54, 1.807) is 12.1 Å². The first-order valence-corrected chi connectivity index (χ1v) is 13.2. The summed E-state index contributed by atoms with van der Waals surface area (Å²) in [5.74, 6) is -1.33. The average molecular weight is 547 g/mol. The van der Waals surface area contributed by atoms with Crippen molar-refractivity contribution in [2.45, 2.75) is 46.2 Å². The number of benzene rings is 2. The molecule has 40 heavy (non-hydrogen) atoms. The molecular formula is C31H35FN4O4. The molecule has 0 radical (unpaired) electrons. The summed E-state index contributed by atoms with van der Waals surface area (Å²) in [7, 11) is 1.99. The molecular weight excluding hydrogens is 511 g/mol. The Hall–Kier alpha value is -4.24. The fraction of sp³-hybridized carbons (Fsp3) is 0.323. The zero-order valence-corrected chi connectivity index (χ0v) is 23.3. The zero-order chi connectivity index (χ0) is 29.0. The predicted molar refractivity (Wildman–Crippen MR) is 155 cm³/mol. The summed E-state index contributed by atoms with van der Waals surface area (Å²) in [6, 6.07) is 9.89. The van der Waals surface area contributed by atoms with Crippen LogP contribution in [0.3, 0.4) is 0 Å². The number of hydrogen-bond acceptors (Lipinski definition) is 5. The van der Waals surface area contributed by atoms with Crippen LogP contribution in [0.1, 0.15) is 45.6 Å². The molecule has 2 heterocycles. The number of aromatic amines is 1. The number of aromatic nitrogens is 1. The highest BCUT2D eigenvalue weighted by atomic mass is 19.1. The van der Waals surface area contributed by atoms with E-state index in [2.05, 4.69) is 27.1 Å². The summed E-state index contributed by atoms with van der Waals surface area (Å²) in [5, 5.41) is 5.58. The molecule has 3 aromatic rings. The molecule has 1 fully saturated rings. The number of carbonyl (C=O) groups is 2. The number of H-pyrrole nitrogens is 1. The van der Waals surface area contributed by atoms with E-state index in [1.165, 1.54) is 12.1 Å². The second-order valence-electron chi connectivity index (χ2n) is 10.1. The number of pyridine rings is 1. The van der Waals surface area contributed by atoms with Crippen molar-refractivity contribution in [1.82, 2.24) is 10.3 Å². The number of halogens is 1. The second-order valence-corrected chi connectivity index (χ2v) is 10.1. The molecule has 3 N–H and O–H groups in total. The van der Waals surface area contributed by atoms with Crippen molar-refractivity contribution < 1.29 is 18.7 Å². The summed E-state index contributed by atoms with van der Waals surface area (Å²) >= 11 is 0. The Morgan fingerprint density at radius 1 is 1.15 bits per heavy atom. The lowest BCUT2D eigenvalue weighted by atomic mass is 9.94. The van der Waals surface area contributed by atoms with Gasteiger partial charge in [0.25, 0.3) is 11.5 Å². The predicted octanol–water partition coefficient (Wildman–Crippen LogP) is 4.78. The molecule has 9 heteroatoms. The van der Waals surface area contributed by atoms with Crippen LogP contribution in [-0.2, 0) is 16.1 Å². The lowest BCUT2D eigenvalue weighted by molar-refractivity contribution is -0.111. The second kappa shape index (κ2) is 12.3. The van der Waals surface area contributed by atoms with Crippen LogP contribution >= 0.6 is 0 Å². The largest absolute Gasteiger partial charge is 0.381 e. The smallest absolute Gasteiger partial charge is 0.253 e. The zero-order valence-electron chi connectivity index (χ0n) is 23.3. The van der Waals surface area contributed by atoms with Crippen molar-refractivity contribution >= 4 is 23.2 Å². The minimum absolute atomic E-state index is 0.0618. The number of amides is 2. The summed E-state index contributed by atoms with van der Waals surface area (Å²) < 4.78 is 19.7. The van der Waals surface area contributed by atoms with E-state index >= 15 is 0 Å². The maximum absolute atomic E-state index is 14.2. The van der Waals surface area contributed by atoms with E-state index in [4.69, 9.17) is 4.74 Å². The molecule has 0 bridgehead atoms. The minimum atomic E-state index is -0.508. The molecule has 1 aromatic heterocycles. The van der Waals surface area contributed by atoms with E-state index in [0.29, 0.717) is 35.5 Å². The standard InChI is InChI=1S/C31H35FN4O4/c1-6-29(37)35-27-16-22(32)7-8-24(27)21-14-25(20(4)28(15-21)36(5)23-9-11-40-12-10-23)30(38)33-17-26-18(2)13-19(3)34-31(26)39/h6-8,13-16,23H,1,9-12,17H2,2-5H3,(H,33,38)(H,34,39)(H,35,37). The Labute approximate surface area is 233 Å². The van der Waals surface area contributed by atoms with Gasteiger partial charge in [-0.25, -0.2) is 4.39 Å². The van der Waals surface area contributed by atoms with E-state index in [-0.39, 0.29) is 29.7 Å². The number of anilines is 2. The average Bonchev–Trinajstić information content (AvgIpc) is 2.92. The van der Waals surface area contributed by atoms with Gasteiger partial charge in [-0.3, -0.25) is 14.4 Å². The molecule has 2 amide bonds. The van der Waals surface area contributed by atoms with E-state index in [1.807, 2.05) is 40.0 Å². The van der Waals surface area contributed by atoms with Gasteiger partial charge in [-0.1, -0.05) is 6.58 Å². The molecule has 8 nitrogen and oxygen atoms in total. The third-order valence-corrected chi connectivity index (χ3v) is 7.40. The first-order valence-electron chi connectivity index (χ1n) is 13.2. The normalized spacial score (nSPS) is 13.5. The first kappa shape index (κ1) is 28.8. The van der Waals surface area contributed by atoms with Gasteiger partial charge >= 0.3 is 0 Å². The van der Waals surface area contributed by atoms with Crippen molar-refractivity contribution in [3.63, 3.8) is 0 Å². The molecule has 1 saturated heterocycles. The lowest BCUT2D eigenvalue weighted by Crippen LogP contribution is -2.37. The van der Waals surface area contributed by atoms with Gasteiger partial charge in [0, 0.05) is 60.9 Å². The van der Waals surface area contributed by atoms with E-state index in [0.717, 1.165) is 41.4 Å². The highest BCUT2D eigenvalue weighted by molar-refractivity contribution is 6.03. The molecule has 0 saturated carbocycles. The van der Waals surface area contributed by atoms with Crippen LogP contribution in [-0.4, -0.2) is 43.1 Å². The summed E-state index contributed by atoms with van der Waals surface area (Å²) in [4.78, 5) is 43.2. The quantitative estimate of drug-likeness (QED) is 0.353. The molecule has 210 valence electrons. The Kier molecular flexibility index (Phi) is 8.84. The monoisotopic (exact) mass is 546 g/mol. The molecule has 1 aliphatic heterocycles. The number of carbonyl (C=O) groups excluding carboxylic acids is 2. The van der Waals surface area contributed by atoms with Crippen molar-refractivity contribution in [2.75, 3.05) is 30.5 Å². The van der Waals surface area contributed by atoms with Crippen LogP contribution in [0.2, 0.25) is 0 Å². The van der Waals surface area contributed by atoms with Crippen molar-refractivity contribution in [2.24, 2.45) is 0 Å².